The summed E-state index contributed by atoms with van der Waals surface area (Å²) in [5, 5.41) is 9.72. The first kappa shape index (κ1) is 46.9. The number of benzene rings is 3. The lowest BCUT2D eigenvalue weighted by atomic mass is 9.94. The van der Waals surface area contributed by atoms with Crippen molar-refractivity contribution in [3.63, 3.8) is 0 Å². The van der Waals surface area contributed by atoms with Gasteiger partial charge in [-0.1, -0.05) is 23.7 Å². The molecule has 5 aliphatic heterocycles. The van der Waals surface area contributed by atoms with Crippen LogP contribution in [0.4, 0.5) is 34.5 Å². The number of ether oxygens (including phenoxy) is 1. The summed E-state index contributed by atoms with van der Waals surface area (Å²) in [5.41, 5.74) is 5.11. The molecule has 0 radical (unpaired) electrons. The average Bonchev–Trinajstić information content (AvgIpc) is 3.92. The number of para-hydroxylation sites is 1. The van der Waals surface area contributed by atoms with Crippen molar-refractivity contribution in [1.82, 2.24) is 34.0 Å². The number of methoxy groups -OCH3 is 1. The van der Waals surface area contributed by atoms with E-state index in [0.29, 0.717) is 73.5 Å². The summed E-state index contributed by atoms with van der Waals surface area (Å²) in [4.78, 5) is 83.7. The van der Waals surface area contributed by atoms with Crippen molar-refractivity contribution in [2.75, 3.05) is 86.2 Å². The van der Waals surface area contributed by atoms with E-state index in [1.807, 2.05) is 35.2 Å². The van der Waals surface area contributed by atoms with Gasteiger partial charge in [0.1, 0.15) is 16.8 Å². The van der Waals surface area contributed by atoms with Crippen LogP contribution in [0.1, 0.15) is 64.8 Å². The Balaban J connectivity index is 0.705. The Hall–Kier alpha value is -6.77. The van der Waals surface area contributed by atoms with Crippen molar-refractivity contribution in [2.45, 2.75) is 57.5 Å². The summed E-state index contributed by atoms with van der Waals surface area (Å²) < 4.78 is 32.1. The molecule has 3 N–H and O–H groups in total. The van der Waals surface area contributed by atoms with Crippen molar-refractivity contribution in [3.05, 3.63) is 88.7 Å². The first-order chi connectivity index (χ1) is 33.6. The molecule has 70 heavy (non-hydrogen) atoms. The highest BCUT2D eigenvalue weighted by Crippen LogP contribution is 2.38. The number of anilines is 6. The van der Waals surface area contributed by atoms with Gasteiger partial charge in [-0.05, 0) is 81.0 Å². The summed E-state index contributed by atoms with van der Waals surface area (Å²) in [5.74, 6) is -0.808. The molecule has 5 aliphatic rings. The first-order valence-electron chi connectivity index (χ1n) is 23.6. The Bertz CT molecular complexity index is 3050. The lowest BCUT2D eigenvalue weighted by Gasteiger charge is -2.44. The maximum absolute atomic E-state index is 13.8. The second-order valence-corrected chi connectivity index (χ2v) is 20.9. The molecule has 4 fully saturated rings. The molecule has 21 heteroatoms. The van der Waals surface area contributed by atoms with Crippen LogP contribution in [0.5, 0.6) is 5.75 Å². The Morgan fingerprint density at radius 2 is 1.56 bits per heavy atom. The number of carbonyl (C=O) groups excluding carboxylic acids is 5. The van der Waals surface area contributed by atoms with Gasteiger partial charge in [0.25, 0.3) is 11.8 Å². The summed E-state index contributed by atoms with van der Waals surface area (Å²) in [7, 11) is -1.95. The van der Waals surface area contributed by atoms with Gasteiger partial charge in [-0.3, -0.25) is 39.1 Å². The first-order valence-corrected chi connectivity index (χ1v) is 25.8. The summed E-state index contributed by atoms with van der Waals surface area (Å²) >= 11 is 6.55. The van der Waals surface area contributed by atoms with Gasteiger partial charge in [0.15, 0.2) is 5.82 Å². The molecule has 5 amide bonds. The number of nitrogens with one attached hydrogen (secondary N) is 3. The number of fused-ring (bicyclic) bond motifs is 2. The zero-order valence-electron chi connectivity index (χ0n) is 39.1. The van der Waals surface area contributed by atoms with Crippen molar-refractivity contribution in [1.29, 1.82) is 0 Å². The molecule has 2 aromatic heterocycles. The van der Waals surface area contributed by atoms with E-state index in [4.69, 9.17) is 16.3 Å². The summed E-state index contributed by atoms with van der Waals surface area (Å²) in [6.45, 7) is 8.12. The summed E-state index contributed by atoms with van der Waals surface area (Å²) in [6, 6.07) is 15.8. The van der Waals surface area contributed by atoms with Crippen molar-refractivity contribution in [3.8, 4) is 5.75 Å². The highest BCUT2D eigenvalue weighted by Gasteiger charge is 2.45. The minimum atomic E-state index is -3.57. The van der Waals surface area contributed by atoms with E-state index in [1.165, 1.54) is 16.4 Å². The van der Waals surface area contributed by atoms with Crippen LogP contribution in [-0.4, -0.2) is 144 Å². The van der Waals surface area contributed by atoms with Crippen LogP contribution >= 0.6 is 11.6 Å². The Kier molecular flexibility index (Phi) is 12.6. The van der Waals surface area contributed by atoms with Gasteiger partial charge in [0.05, 0.1) is 47.6 Å². The average molecular weight is 993 g/mol. The van der Waals surface area contributed by atoms with Crippen LogP contribution in [0.15, 0.2) is 67.0 Å². The monoisotopic (exact) mass is 991 g/mol. The number of aromatic nitrogens is 3. The van der Waals surface area contributed by atoms with Gasteiger partial charge in [-0.15, -0.1) is 0 Å². The van der Waals surface area contributed by atoms with Crippen molar-refractivity contribution >= 4 is 96.6 Å². The number of amides is 5. The number of imide groups is 2. The predicted molar refractivity (Wildman–Crippen MR) is 265 cm³/mol. The number of hydrogen-bond donors (Lipinski definition) is 3. The quantitative estimate of drug-likeness (QED) is 0.147. The molecular formula is C49H54ClN11O8S. The standard InChI is InChI=1S/C49H54ClN11O8S/c1-29-25-38(53-49-51-28-36(50)44(55-49)52-37-6-4-5-30-13-20-60(43(30)37)70(3,67)68)41(69-2)27-40(29)58-18-14-32(15-19-58)57-21-23-59(24-22-57)46(64)31-11-16-56(17-12-31)33-7-8-34-35(26-33)48(66)61(47(34)65)39-9-10-42(62)54-45(39)63/h4-8,13,20,25-28,31-32,39H,9-12,14-19,21-24H2,1-3H3,(H,54,62,63)(H2,51,52,53,55). The lowest BCUT2D eigenvalue weighted by molar-refractivity contribution is -0.138. The van der Waals surface area contributed by atoms with Crippen LogP contribution in [0.3, 0.4) is 0 Å². The molecule has 1 atom stereocenters. The largest absolute Gasteiger partial charge is 0.494 e. The number of carbonyl (C=O) groups is 5. The third-order valence-corrected chi connectivity index (χ3v) is 15.7. The molecule has 3 aromatic carbocycles. The van der Waals surface area contributed by atoms with E-state index in [2.05, 4.69) is 47.5 Å². The molecule has 0 aliphatic carbocycles. The molecule has 0 bridgehead atoms. The lowest BCUT2D eigenvalue weighted by Crippen LogP contribution is -2.55. The zero-order chi connectivity index (χ0) is 49.0. The third-order valence-electron chi connectivity index (χ3n) is 14.4. The third kappa shape index (κ3) is 8.99. The molecule has 19 nitrogen and oxygen atoms in total. The van der Waals surface area contributed by atoms with Gasteiger partial charge in [-0.25, -0.2) is 17.4 Å². The number of nitrogens with zero attached hydrogens (tertiary/aromatic N) is 8. The second-order valence-electron chi connectivity index (χ2n) is 18.6. The number of aryl methyl sites for hydroxylation is 1. The van der Waals surface area contributed by atoms with Crippen molar-refractivity contribution in [2.24, 2.45) is 5.92 Å². The van der Waals surface area contributed by atoms with Crippen LogP contribution in [0.2, 0.25) is 5.02 Å². The number of hydrogen-bond acceptors (Lipinski definition) is 15. The number of halogens is 1. The highest BCUT2D eigenvalue weighted by atomic mass is 35.5. The molecule has 5 aromatic rings. The Morgan fingerprint density at radius 1 is 0.829 bits per heavy atom. The highest BCUT2D eigenvalue weighted by molar-refractivity contribution is 7.89. The molecule has 10 rings (SSSR count). The molecule has 366 valence electrons. The molecule has 4 saturated heterocycles. The van der Waals surface area contributed by atoms with Gasteiger partial charge >= 0.3 is 0 Å². The fourth-order valence-corrected chi connectivity index (χ4v) is 11.6. The van der Waals surface area contributed by atoms with Gasteiger partial charge < -0.3 is 30.1 Å². The van der Waals surface area contributed by atoms with Gasteiger partial charge in [0.2, 0.25) is 33.7 Å². The molecule has 7 heterocycles. The topological polar surface area (TPSA) is 212 Å². The van der Waals surface area contributed by atoms with Crippen molar-refractivity contribution < 1.29 is 37.1 Å². The van der Waals surface area contributed by atoms with Crippen LogP contribution < -0.4 is 30.5 Å². The fraction of sp³-hybridized carbons (Fsp3) is 0.408. The second kappa shape index (κ2) is 18.9. The van der Waals surface area contributed by atoms with E-state index >= 15 is 0 Å². The van der Waals surface area contributed by atoms with Crippen LogP contribution in [0.25, 0.3) is 10.9 Å². The summed E-state index contributed by atoms with van der Waals surface area (Å²) in [6.07, 6.45) is 7.66. The normalized spacial score (nSPS) is 19.7. The maximum Gasteiger partial charge on any atom is 0.262 e. The molecular weight excluding hydrogens is 938 g/mol. The predicted octanol–water partition coefficient (Wildman–Crippen LogP) is 5.13. The number of rotatable bonds is 11. The molecule has 0 saturated carbocycles. The SMILES string of the molecule is COc1cc(N2CCC(N3CCN(C(=O)C4CCN(c5ccc6c(c5)C(=O)N(C5CCC(=O)NC5=O)C6=O)CC4)CC3)CC2)c(C)cc1Nc1ncc(Cl)c(Nc2cccc3ccn(S(C)(=O)=O)c23)n1. The maximum atomic E-state index is 13.8. The van der Waals surface area contributed by atoms with Gasteiger partial charge in [0, 0.05) is 99.8 Å². The number of piperazine rings is 1. The minimum Gasteiger partial charge on any atom is -0.494 e. The van der Waals surface area contributed by atoms with E-state index in [0.717, 1.165) is 72.5 Å². The van der Waals surface area contributed by atoms with E-state index in [9.17, 15) is 32.4 Å². The minimum absolute atomic E-state index is 0.0648. The Morgan fingerprint density at radius 3 is 2.27 bits per heavy atom. The number of piperidine rings is 3. The van der Waals surface area contributed by atoms with E-state index in [-0.39, 0.29) is 46.8 Å². The smallest absolute Gasteiger partial charge is 0.262 e. The molecule has 1 unspecified atom stereocenters. The molecule has 0 spiro atoms. The Labute approximate surface area is 410 Å². The van der Waals surface area contributed by atoms with E-state index < -0.39 is 39.7 Å². The zero-order valence-corrected chi connectivity index (χ0v) is 40.7. The van der Waals surface area contributed by atoms with Crippen LogP contribution in [-0.2, 0) is 24.4 Å². The fourth-order valence-electron chi connectivity index (χ4n) is 10.7. The van der Waals surface area contributed by atoms with Gasteiger partial charge in [-0.2, -0.15) is 4.98 Å². The van der Waals surface area contributed by atoms with E-state index in [1.54, 1.807) is 31.4 Å². The van der Waals surface area contributed by atoms with Crippen LogP contribution in [0, 0.1) is 12.8 Å².